The monoisotopic (exact) mass is 576 g/mol. The van der Waals surface area contributed by atoms with Gasteiger partial charge >= 0.3 is 5.16 Å². The van der Waals surface area contributed by atoms with Gasteiger partial charge in [-0.3, -0.25) is 14.5 Å². The highest BCUT2D eigenvalue weighted by molar-refractivity contribution is 8.01. The molecular formula is C20H20N10O5S3. The molecule has 18 heteroatoms. The summed E-state index contributed by atoms with van der Waals surface area (Å²) >= 11 is 3.67. The van der Waals surface area contributed by atoms with Crippen LogP contribution in [0.1, 0.15) is 5.69 Å². The summed E-state index contributed by atoms with van der Waals surface area (Å²) in [7, 11) is 3.08. The van der Waals surface area contributed by atoms with Gasteiger partial charge in [-0.05, 0) is 17.3 Å². The van der Waals surface area contributed by atoms with Crippen molar-refractivity contribution in [2.24, 2.45) is 12.2 Å². The van der Waals surface area contributed by atoms with E-state index in [1.54, 1.807) is 21.5 Å². The van der Waals surface area contributed by atoms with Crippen LogP contribution in [0.25, 0.3) is 5.65 Å². The number of aryl methyl sites for hydroxylation is 1. The van der Waals surface area contributed by atoms with Crippen molar-refractivity contribution < 1.29 is 28.8 Å². The summed E-state index contributed by atoms with van der Waals surface area (Å²) in [6.07, 6.45) is 1.60. The predicted molar refractivity (Wildman–Crippen MR) is 136 cm³/mol. The van der Waals surface area contributed by atoms with Crippen LogP contribution in [-0.2, 0) is 26.3 Å². The lowest BCUT2D eigenvalue weighted by Gasteiger charge is -2.50. The van der Waals surface area contributed by atoms with Gasteiger partial charge in [0.2, 0.25) is 5.82 Å². The molecule has 5 heterocycles. The summed E-state index contributed by atoms with van der Waals surface area (Å²) in [5.41, 5.74) is 12.6. The second kappa shape index (κ2) is 10.1. The number of nitrogens with one attached hydrogen (secondary N) is 1. The highest BCUT2D eigenvalue weighted by Crippen LogP contribution is 2.41. The fourth-order valence-electron chi connectivity index (χ4n) is 3.96. The first-order valence-corrected chi connectivity index (χ1v) is 13.7. The lowest BCUT2D eigenvalue weighted by Crippen LogP contribution is -2.71. The maximum atomic E-state index is 13.0. The van der Waals surface area contributed by atoms with Gasteiger partial charge in [0.05, 0.1) is 24.8 Å². The fraction of sp³-hybridized carbons (Fsp3) is 0.300. The molecule has 38 heavy (non-hydrogen) atoms. The third kappa shape index (κ3) is 4.50. The quantitative estimate of drug-likeness (QED) is 0.0647. The van der Waals surface area contributed by atoms with E-state index < -0.39 is 29.2 Å². The zero-order chi connectivity index (χ0) is 27.1. The Labute approximate surface area is 226 Å². The number of thioether (sulfide) groups is 2. The molecule has 0 aromatic carbocycles. The predicted octanol–water partition coefficient (Wildman–Crippen LogP) is -2.28. The van der Waals surface area contributed by atoms with Crippen molar-refractivity contribution in [3.05, 3.63) is 34.7 Å². The number of nitrogens with two attached hydrogens (primary N) is 2. The molecule has 15 nitrogen and oxygen atoms in total. The first-order valence-electron chi connectivity index (χ1n) is 10.8. The van der Waals surface area contributed by atoms with Crippen LogP contribution in [0.5, 0.6) is 0 Å². The Morgan fingerprint density at radius 2 is 2.18 bits per heavy atom. The Morgan fingerprint density at radius 3 is 2.87 bits per heavy atom. The van der Waals surface area contributed by atoms with E-state index in [1.807, 2.05) is 7.05 Å². The van der Waals surface area contributed by atoms with Crippen molar-refractivity contribution in [1.29, 1.82) is 0 Å². The molecule has 3 aromatic heterocycles. The van der Waals surface area contributed by atoms with Gasteiger partial charge in [0, 0.05) is 16.9 Å². The maximum Gasteiger partial charge on any atom is 0.325 e. The molecule has 2 aliphatic rings. The average molecular weight is 577 g/mol. The number of nitrogen functional groups attached to an aromatic ring is 2. The van der Waals surface area contributed by atoms with Gasteiger partial charge in [0.1, 0.15) is 24.2 Å². The van der Waals surface area contributed by atoms with E-state index in [-0.39, 0.29) is 39.6 Å². The van der Waals surface area contributed by atoms with Crippen molar-refractivity contribution >= 4 is 75.0 Å². The van der Waals surface area contributed by atoms with E-state index in [2.05, 4.69) is 25.5 Å². The summed E-state index contributed by atoms with van der Waals surface area (Å²) in [6.45, 7) is 0. The highest BCUT2D eigenvalue weighted by atomic mass is 32.2. The van der Waals surface area contributed by atoms with Crippen LogP contribution >= 0.6 is 34.9 Å². The molecule has 1 fully saturated rings. The van der Waals surface area contributed by atoms with Crippen LogP contribution < -0.4 is 26.4 Å². The minimum atomic E-state index is -1.49. The molecule has 1 unspecified atom stereocenters. The van der Waals surface area contributed by atoms with E-state index in [4.69, 9.17) is 16.3 Å². The van der Waals surface area contributed by atoms with E-state index in [9.17, 15) is 19.5 Å². The number of nitrogens with zero attached hydrogens (tertiary/aromatic N) is 7. The molecular weight excluding hydrogens is 556 g/mol. The first kappa shape index (κ1) is 25.7. The number of carbonyl (C=O) groups excluding carboxylic acids is 3. The van der Waals surface area contributed by atoms with Gasteiger partial charge in [0.25, 0.3) is 17.5 Å². The van der Waals surface area contributed by atoms with Gasteiger partial charge in [-0.15, -0.1) is 23.1 Å². The number of carboxylic acid groups (broad SMARTS) is 1. The molecule has 0 bridgehead atoms. The number of aromatic nitrogens is 5. The molecule has 2 amide bonds. The normalized spacial score (nSPS) is 19.4. The number of hydrogen-bond acceptors (Lipinski definition) is 14. The summed E-state index contributed by atoms with van der Waals surface area (Å²) in [6, 6.07) is 0.692. The molecule has 3 aromatic rings. The van der Waals surface area contributed by atoms with Gasteiger partial charge in [-0.2, -0.15) is 0 Å². The number of β-lactam (4-membered cyclic amide) rings is 1. The molecule has 0 radical (unpaired) electrons. The zero-order valence-electron chi connectivity index (χ0n) is 19.9. The number of hydrogen-bond donors (Lipinski definition) is 3. The van der Waals surface area contributed by atoms with E-state index in [0.717, 1.165) is 16.2 Å². The van der Waals surface area contributed by atoms with Crippen molar-refractivity contribution in [2.75, 3.05) is 30.1 Å². The van der Waals surface area contributed by atoms with Crippen LogP contribution in [0.15, 0.2) is 39.4 Å². The number of aliphatic carboxylic acids is 1. The zero-order valence-corrected chi connectivity index (χ0v) is 22.3. The second-order valence-corrected chi connectivity index (χ2v) is 11.0. The van der Waals surface area contributed by atoms with Crippen LogP contribution in [0, 0.1) is 0 Å². The first-order chi connectivity index (χ1) is 18.2. The Hall–Kier alpha value is -3.90. The molecule has 1 saturated heterocycles. The third-order valence-electron chi connectivity index (χ3n) is 5.67. The second-order valence-electron chi connectivity index (χ2n) is 8.06. The topological polar surface area (TPSA) is 211 Å². The lowest BCUT2D eigenvalue weighted by atomic mass is 10.0. The molecule has 5 N–H and O–H groups in total. The molecule has 0 spiro atoms. The number of carboxylic acids is 1. The largest absolute Gasteiger partial charge is 0.543 e. The molecule has 2 aliphatic heterocycles. The summed E-state index contributed by atoms with van der Waals surface area (Å²) in [5, 5.41) is 24.3. The van der Waals surface area contributed by atoms with Crippen molar-refractivity contribution in [1.82, 2.24) is 29.9 Å². The van der Waals surface area contributed by atoms with E-state index in [0.29, 0.717) is 16.4 Å². The number of rotatable bonds is 8. The van der Waals surface area contributed by atoms with Gasteiger partial charge in [-0.1, -0.05) is 19.8 Å². The summed E-state index contributed by atoms with van der Waals surface area (Å²) in [4.78, 5) is 52.2. The highest BCUT2D eigenvalue weighted by Gasteiger charge is 2.53. The number of fused-ring (bicyclic) bond motifs is 2. The lowest BCUT2D eigenvalue weighted by molar-refractivity contribution is -0.622. The molecule has 198 valence electrons. The SMILES string of the molecule is CO/N=C(\C(=O)NC1C(=O)N2C(C(=O)[O-])=C(CSc3nc(N)cc4n(C)cn[n+]34)CS[C@H]12)c1csc(N)n1. The Morgan fingerprint density at radius 1 is 1.39 bits per heavy atom. The Bertz CT molecular complexity index is 1530. The average Bonchev–Trinajstić information content (AvgIpc) is 3.48. The third-order valence-corrected chi connectivity index (χ3v) is 8.70. The number of anilines is 2. The molecule has 2 atom stereocenters. The molecule has 0 saturated carbocycles. The van der Waals surface area contributed by atoms with Gasteiger partial charge in [0.15, 0.2) is 17.2 Å². The standard InChI is InChI=1S/C20H20N10O5S3/c1-28-7-23-30-11(28)3-10(21)25-20(30)38-5-8-4-36-17-13(16(32)29(17)14(8)18(33)34)26-15(31)12(27-35-2)9-6-37-19(22)24-9/h3,6-7,13,17,21H,4-5H2,1-2H3,(H4,22,24,26,31,33,34)/b27-12-/t13?,17-/m1/s1. The number of amides is 2. The van der Waals surface area contributed by atoms with Crippen LogP contribution in [0.4, 0.5) is 10.9 Å². The van der Waals surface area contributed by atoms with Crippen LogP contribution in [-0.4, -0.2) is 78.1 Å². The summed E-state index contributed by atoms with van der Waals surface area (Å²) in [5.74, 6) is -2.00. The van der Waals surface area contributed by atoms with Gasteiger partial charge in [-0.25, -0.2) is 9.55 Å². The smallest absolute Gasteiger partial charge is 0.325 e. The van der Waals surface area contributed by atoms with Crippen molar-refractivity contribution in [3.63, 3.8) is 0 Å². The minimum Gasteiger partial charge on any atom is -0.543 e. The molecule has 5 rings (SSSR count). The fourth-order valence-corrected chi connectivity index (χ4v) is 6.96. The Kier molecular flexibility index (Phi) is 6.84. The van der Waals surface area contributed by atoms with Crippen LogP contribution in [0.3, 0.4) is 0 Å². The number of oxime groups is 1. The molecule has 0 aliphatic carbocycles. The van der Waals surface area contributed by atoms with Gasteiger partial charge < -0.3 is 31.5 Å². The van der Waals surface area contributed by atoms with Crippen LogP contribution in [0.2, 0.25) is 0 Å². The number of thiazole rings is 1. The van der Waals surface area contributed by atoms with E-state index >= 15 is 0 Å². The number of carbonyl (C=O) groups is 3. The summed E-state index contributed by atoms with van der Waals surface area (Å²) < 4.78 is 3.36. The maximum absolute atomic E-state index is 13.0. The van der Waals surface area contributed by atoms with Crippen molar-refractivity contribution in [3.8, 4) is 0 Å². The Balaban J connectivity index is 1.34. The van der Waals surface area contributed by atoms with E-state index in [1.165, 1.54) is 36.0 Å². The van der Waals surface area contributed by atoms with Crippen molar-refractivity contribution in [2.45, 2.75) is 16.6 Å². The minimum absolute atomic E-state index is 0.159.